The second-order valence-corrected chi connectivity index (χ2v) is 33.5. The monoisotopic (exact) mass is 1950 g/mol. The number of esters is 3. The molecule has 38 nitrogen and oxygen atoms in total. The quantitative estimate of drug-likeness (QED) is 0.0114. The molecule has 5 N–H and O–H groups in total. The van der Waals surface area contributed by atoms with Crippen molar-refractivity contribution in [1.29, 1.82) is 0 Å². The van der Waals surface area contributed by atoms with Crippen LogP contribution < -0.4 is 34.7 Å². The first-order valence-corrected chi connectivity index (χ1v) is 43.7. The van der Waals surface area contributed by atoms with E-state index in [0.717, 1.165) is 53.4 Å². The molecule has 44 heteroatoms. The first kappa shape index (κ1) is 106. The zero-order valence-electron chi connectivity index (χ0n) is 75.5. The number of hydrogen-bond acceptors (Lipinski definition) is 33. The van der Waals surface area contributed by atoms with Crippen LogP contribution in [0.1, 0.15) is 135 Å². The van der Waals surface area contributed by atoms with E-state index < -0.39 is 115 Å². The van der Waals surface area contributed by atoms with E-state index in [4.69, 9.17) is 135 Å². The summed E-state index contributed by atoms with van der Waals surface area (Å²) in [4.78, 5) is 90.7. The van der Waals surface area contributed by atoms with Crippen molar-refractivity contribution in [1.82, 2.24) is 73.1 Å². The summed E-state index contributed by atoms with van der Waals surface area (Å²) in [6, 6.07) is 26.7. The van der Waals surface area contributed by atoms with Gasteiger partial charge in [0.2, 0.25) is 6.29 Å². The van der Waals surface area contributed by atoms with Crippen LogP contribution in [-0.4, -0.2) is 255 Å². The van der Waals surface area contributed by atoms with Crippen LogP contribution in [0.3, 0.4) is 0 Å². The molecule has 0 spiro atoms. The number of aromatic nitrogens is 15. The van der Waals surface area contributed by atoms with Crippen LogP contribution in [0.15, 0.2) is 167 Å². The fourth-order valence-corrected chi connectivity index (χ4v) is 16.5. The minimum Gasteiger partial charge on any atom is -0.857 e. The number of aliphatic hydroxyl groups excluding tert-OH is 4. The molecule has 7 saturated heterocycles. The van der Waals surface area contributed by atoms with E-state index in [1.54, 1.807) is 84.4 Å². The average Bonchev–Trinajstić information content (AvgIpc) is 1.59. The van der Waals surface area contributed by atoms with Gasteiger partial charge in [-0.15, -0.1) is 13.2 Å². The van der Waals surface area contributed by atoms with Crippen LogP contribution in [0, 0.1) is 11.8 Å². The number of hydrogen-bond donors (Lipinski definition) is 5. The molecule has 0 amide bonds. The normalized spacial score (nSPS) is 26.5. The summed E-state index contributed by atoms with van der Waals surface area (Å²) in [6.07, 6.45) is 8.28. The van der Waals surface area contributed by atoms with Crippen LogP contribution in [-0.2, 0) is 75.9 Å². The molecular formula is C89H105Cl5N15NaO23. The summed E-state index contributed by atoms with van der Waals surface area (Å²) >= 11 is 30.0. The second kappa shape index (κ2) is 47.8. The van der Waals surface area contributed by atoms with E-state index in [9.17, 15) is 34.5 Å². The maximum Gasteiger partial charge on any atom is 1.00 e. The number of ether oxygens (including phenoxy) is 14. The third-order valence-electron chi connectivity index (χ3n) is 22.2. The van der Waals surface area contributed by atoms with Crippen LogP contribution in [0.2, 0.25) is 25.8 Å². The standard InChI is InChI=1S/C20H20ClN3O3.C16H20O5.C14H16ClN3O4.C14H14ClN3O4.C11H12ClN3O4.C6H4ClN3.C5H12O2.C2H4.CH3O.Na/c1-3-15-12(2)16(27-20(25)13-7-5-4-6-8-13)19(26-15)24-10-9-14-17(21)22-11-23-18(14)24;1-4-13-10(2)14(16(20-13)19-11(3)17)21-15(18)12-8-6-5-7-9-12;2*1-14(2)21-9-8(5-19)20-13(10(9)22-14)18-4-3-7-11(15)16-6-17-12(7)18;12-9-5-1-2-15(10(5)14-4-13-9)11-8(18)7(17)6(3-16)19-11;7-5-4-1-2-8-6(4)10-3-9-5;1-5(2,6-3)7-4;2*1-2;/h4-12,15-16,19H,3H2,1-2H3;5-10,13-14,16H,4H2,1-3H3;3-4,6,8-10,13,19H,5H2,1-2H3;3-6,8-10,13H,1-2H3;1-2,4,6-8,11,16-18H,3H2;1-3H,(H,8,9,10);1-4H3;1-2H2;1H3;/q;;;;;;;;-1;+1/t12-,15-,16-,19-;10-,13-,14-,16-;2*8-,9-,10-,13-;6-,7-,8-,11-;;;;;/m11111...../s1. The average molecular weight is 1950 g/mol. The molecular weight excluding hydrogens is 1850 g/mol. The van der Waals surface area contributed by atoms with Crippen LogP contribution >= 0.6 is 58.0 Å². The molecule has 17 heterocycles. The van der Waals surface area contributed by atoms with Gasteiger partial charge >= 0.3 is 47.5 Å². The van der Waals surface area contributed by atoms with E-state index >= 15 is 0 Å². The molecule has 0 unspecified atom stereocenters. The number of rotatable bonds is 16. The maximum absolute atomic E-state index is 12.6. The molecule has 0 saturated carbocycles. The van der Waals surface area contributed by atoms with Gasteiger partial charge in [0.15, 0.2) is 60.8 Å². The van der Waals surface area contributed by atoms with Gasteiger partial charge in [0, 0.05) is 64.0 Å². The molecule has 7 aliphatic rings. The smallest absolute Gasteiger partial charge is 0.857 e. The number of benzene rings is 2. The minimum atomic E-state index is -1.15. The molecule has 710 valence electrons. The maximum atomic E-state index is 12.6. The number of methoxy groups -OCH3 is 2. The number of aliphatic hydroxyl groups is 4. The van der Waals surface area contributed by atoms with Crippen molar-refractivity contribution in [3.8, 4) is 0 Å². The number of nitrogens with zero attached hydrogens (tertiary/aromatic N) is 14. The Balaban J connectivity index is 0.000000163. The van der Waals surface area contributed by atoms with Crippen molar-refractivity contribution in [2.24, 2.45) is 11.8 Å². The number of nitrogens with one attached hydrogen (secondary N) is 1. The third-order valence-corrected chi connectivity index (χ3v) is 23.7. The molecule has 10 aromatic heterocycles. The zero-order valence-corrected chi connectivity index (χ0v) is 81.3. The third kappa shape index (κ3) is 24.6. The van der Waals surface area contributed by atoms with E-state index in [-0.39, 0.29) is 85.0 Å². The molecule has 0 bridgehead atoms. The summed E-state index contributed by atoms with van der Waals surface area (Å²) in [5.74, 6) is -3.12. The van der Waals surface area contributed by atoms with Crippen LogP contribution in [0.25, 0.3) is 55.2 Å². The molecule has 12 aromatic rings. The Hall–Kier alpha value is -8.83. The Morgan fingerprint density at radius 1 is 0.489 bits per heavy atom. The van der Waals surface area contributed by atoms with Crippen molar-refractivity contribution < 1.29 is 141 Å². The van der Waals surface area contributed by atoms with E-state index in [2.05, 4.69) is 74.9 Å². The molecule has 0 aliphatic carbocycles. The Morgan fingerprint density at radius 2 is 0.857 bits per heavy atom. The van der Waals surface area contributed by atoms with Gasteiger partial charge in [0.25, 0.3) is 0 Å². The summed E-state index contributed by atoms with van der Waals surface area (Å²) in [5, 5.41) is 52.2. The topological polar surface area (TPSA) is 466 Å². The number of halogens is 5. The van der Waals surface area contributed by atoms with E-state index in [0.29, 0.717) is 64.9 Å². The molecule has 0 radical (unpaired) electrons. The fourth-order valence-electron chi connectivity index (χ4n) is 15.5. The molecule has 20 atom stereocenters. The van der Waals surface area contributed by atoms with Crippen molar-refractivity contribution in [2.45, 2.75) is 217 Å². The van der Waals surface area contributed by atoms with Gasteiger partial charge in [0.1, 0.15) is 141 Å². The largest absolute Gasteiger partial charge is 1.00 e. The number of carbonyl (C=O) groups excluding carboxylic acids is 4. The summed E-state index contributed by atoms with van der Waals surface area (Å²) in [7, 11) is 3.98. The van der Waals surface area contributed by atoms with Crippen molar-refractivity contribution >= 4 is 137 Å². The summed E-state index contributed by atoms with van der Waals surface area (Å²) in [6.45, 7) is 25.9. The number of carbonyl (C=O) groups is 4. The zero-order chi connectivity index (χ0) is 95.8. The van der Waals surface area contributed by atoms with Gasteiger partial charge in [0.05, 0.1) is 63.5 Å². The number of fused-ring (bicyclic) bond motifs is 7. The van der Waals surface area contributed by atoms with Crippen molar-refractivity contribution in [3.05, 3.63) is 204 Å². The van der Waals surface area contributed by atoms with Gasteiger partial charge in [-0.3, -0.25) is 4.79 Å². The van der Waals surface area contributed by atoms with Crippen molar-refractivity contribution in [3.63, 3.8) is 0 Å². The Labute approximate surface area is 812 Å². The van der Waals surface area contributed by atoms with Gasteiger partial charge in [-0.05, 0) is 109 Å². The van der Waals surface area contributed by atoms with Gasteiger partial charge in [-0.1, -0.05) is 122 Å². The molecule has 19 rings (SSSR count). The fraction of sp³-hybridized carbons (Fsp3) is 0.461. The number of H-pyrrole nitrogens is 1. The minimum absolute atomic E-state index is 0. The second-order valence-electron chi connectivity index (χ2n) is 31.7. The van der Waals surface area contributed by atoms with E-state index in [1.165, 1.54) is 38.6 Å². The Bertz CT molecular complexity index is 5800. The van der Waals surface area contributed by atoms with E-state index in [1.807, 2.05) is 132 Å². The van der Waals surface area contributed by atoms with Gasteiger partial charge in [-0.2, -0.15) is 7.11 Å². The van der Waals surface area contributed by atoms with Crippen LogP contribution in [0.4, 0.5) is 0 Å². The first-order chi connectivity index (χ1) is 63.2. The SMILES string of the molecule is C=C.CC1(C)O[C@@H]2[C@H](O1)[C@@H](C=O)O[C@H]2n1ccc2c(Cl)ncnc21.CC1(C)O[C@@H]2[C@H](O1)[C@@H](CO)O[C@H]2n1ccc2c(Cl)ncnc21.CC[C@H]1O[C@@H](OC(C)=O)[C@H](OC(=O)c2ccccc2)[C@@H]1C.CC[C@H]1O[C@@H](n2ccc3c(Cl)ncnc32)[C@H](OC(=O)c2ccccc2)[C@@H]1C.COC(C)(C)OC.C[O-].Clc1ncnc2[nH]ccc12.OC[C@H]1O[C@@H](n2ccc3c(Cl)ncnc32)[C@H](O)[C@@H]1O.[Na+]. The predicted molar refractivity (Wildman–Crippen MR) is 480 cm³/mol. The Kier molecular flexibility index (Phi) is 38.2. The molecule has 133 heavy (non-hydrogen) atoms. The van der Waals surface area contributed by atoms with Crippen molar-refractivity contribution in [2.75, 3.05) is 34.5 Å². The molecule has 7 fully saturated rings. The molecule has 7 aliphatic heterocycles. The van der Waals surface area contributed by atoms with Gasteiger partial charge in [-0.25, -0.2) is 59.4 Å². The van der Waals surface area contributed by atoms with Gasteiger partial charge < -0.3 is 120 Å². The summed E-state index contributed by atoms with van der Waals surface area (Å²) in [5.41, 5.74) is 4.20. The number of aldehydes is 1. The predicted octanol–water partition coefficient (Wildman–Crippen LogP) is 9.10. The van der Waals surface area contributed by atoms with Crippen LogP contribution in [0.5, 0.6) is 0 Å². The number of aromatic amines is 1. The summed E-state index contributed by atoms with van der Waals surface area (Å²) < 4.78 is 86.0. The first-order valence-electron chi connectivity index (χ1n) is 41.8. The molecule has 2 aromatic carbocycles. The Morgan fingerprint density at radius 3 is 1.26 bits per heavy atom.